The third-order valence-electron chi connectivity index (χ3n) is 7.61. The molecule has 0 unspecified atom stereocenters. The van der Waals surface area contributed by atoms with Gasteiger partial charge in [0.25, 0.3) is 5.91 Å². The molecule has 5 rings (SSSR count). The predicted molar refractivity (Wildman–Crippen MR) is 127 cm³/mol. The Bertz CT molecular complexity index is 1410. The number of primary amides is 1. The molecule has 3 aliphatic carbocycles. The molecule has 0 bridgehead atoms. The van der Waals surface area contributed by atoms with Gasteiger partial charge in [0.2, 0.25) is 5.78 Å². The number of Topliss-reactive ketones (excluding diaryl/α,β-unsaturated/α-hetero) is 2. The SMILES string of the molecule is Cc1ccc(-c2ccc(O)c3c2C[C@H]2C[C@@H]4[C@@H](N(C)C)C(=O)C(C(N)=O)=C(O)[C@@]4(O)C(=O)C2=C3O)o1. The number of hydrogen-bond donors (Lipinski definition) is 5. The molecule has 1 heterocycles. The van der Waals surface area contributed by atoms with Gasteiger partial charge >= 0.3 is 0 Å². The Labute approximate surface area is 205 Å². The summed E-state index contributed by atoms with van der Waals surface area (Å²) in [6.07, 6.45) is 0.218. The average Bonchev–Trinajstić information content (AvgIpc) is 3.22. The van der Waals surface area contributed by atoms with E-state index >= 15 is 0 Å². The number of aromatic hydroxyl groups is 1. The number of aliphatic hydroxyl groups is 3. The molecule has 10 nitrogen and oxygen atoms in total. The Hall–Kier alpha value is -3.89. The molecule has 2 aromatic rings. The molecular weight excluding hydrogens is 468 g/mol. The molecule has 0 radical (unpaired) electrons. The van der Waals surface area contributed by atoms with E-state index in [2.05, 4.69) is 0 Å². The molecule has 10 heteroatoms. The van der Waals surface area contributed by atoms with Gasteiger partial charge < -0.3 is 30.6 Å². The first-order chi connectivity index (χ1) is 16.9. The predicted octanol–water partition coefficient (Wildman–Crippen LogP) is 1.53. The third-order valence-corrected chi connectivity index (χ3v) is 7.61. The van der Waals surface area contributed by atoms with E-state index in [0.717, 1.165) is 0 Å². The van der Waals surface area contributed by atoms with E-state index in [1.807, 2.05) is 0 Å². The first-order valence-corrected chi connectivity index (χ1v) is 11.5. The molecule has 0 aliphatic heterocycles. The average molecular weight is 495 g/mol. The number of phenols is 1. The minimum absolute atomic E-state index is 0.0258. The van der Waals surface area contributed by atoms with Crippen molar-refractivity contribution in [2.45, 2.75) is 31.4 Å². The molecule has 1 fully saturated rings. The van der Waals surface area contributed by atoms with Crippen LogP contribution in [0.15, 0.2) is 45.6 Å². The number of phenolic OH excluding ortho intramolecular Hbond substituents is 1. The molecule has 6 N–H and O–H groups in total. The lowest BCUT2D eigenvalue weighted by Gasteiger charge is -2.50. The van der Waals surface area contributed by atoms with Crippen LogP contribution in [0.25, 0.3) is 17.1 Å². The van der Waals surface area contributed by atoms with E-state index in [9.17, 15) is 34.8 Å². The molecular formula is C26H26N2O8. The van der Waals surface area contributed by atoms with Crippen molar-refractivity contribution in [2.24, 2.45) is 17.6 Å². The molecule has 4 atom stereocenters. The van der Waals surface area contributed by atoms with Crippen molar-refractivity contribution in [3.05, 3.63) is 58.1 Å². The van der Waals surface area contributed by atoms with Crippen LogP contribution in [0.3, 0.4) is 0 Å². The Balaban J connectivity index is 1.75. The van der Waals surface area contributed by atoms with Crippen molar-refractivity contribution in [1.82, 2.24) is 4.90 Å². The molecule has 0 saturated heterocycles. The molecule has 1 saturated carbocycles. The minimum Gasteiger partial charge on any atom is -0.508 e. The summed E-state index contributed by atoms with van der Waals surface area (Å²) in [6, 6.07) is 5.45. The first kappa shape index (κ1) is 23.8. The van der Waals surface area contributed by atoms with Crippen LogP contribution in [0.1, 0.15) is 23.3 Å². The highest BCUT2D eigenvalue weighted by atomic mass is 16.4. The maximum atomic E-state index is 13.8. The normalized spacial score (nSPS) is 27.8. The number of aryl methyl sites for hydroxylation is 1. The van der Waals surface area contributed by atoms with Crippen LogP contribution in [0, 0.1) is 18.8 Å². The second-order valence-corrected chi connectivity index (χ2v) is 9.86. The van der Waals surface area contributed by atoms with Crippen molar-refractivity contribution < 1.29 is 39.2 Å². The molecule has 188 valence electrons. The highest BCUT2D eigenvalue weighted by Gasteiger charge is 2.64. The largest absolute Gasteiger partial charge is 0.508 e. The number of nitrogens with two attached hydrogens (primary N) is 1. The number of fused-ring (bicyclic) bond motifs is 3. The number of nitrogens with zero attached hydrogens (tertiary/aromatic N) is 1. The summed E-state index contributed by atoms with van der Waals surface area (Å²) in [5.41, 5.74) is 2.85. The summed E-state index contributed by atoms with van der Waals surface area (Å²) in [5.74, 6) is -5.60. The van der Waals surface area contributed by atoms with E-state index in [4.69, 9.17) is 10.2 Å². The quantitative estimate of drug-likeness (QED) is 0.396. The highest BCUT2D eigenvalue weighted by Crippen LogP contribution is 2.53. The van der Waals surface area contributed by atoms with E-state index < -0.39 is 58.0 Å². The third kappa shape index (κ3) is 3.01. The molecule has 36 heavy (non-hydrogen) atoms. The lowest BCUT2D eigenvalue weighted by Crippen LogP contribution is -2.65. The Morgan fingerprint density at radius 1 is 1.14 bits per heavy atom. The topological polar surface area (TPSA) is 175 Å². The Morgan fingerprint density at radius 2 is 1.83 bits per heavy atom. The number of carbonyl (C=O) groups is 3. The second kappa shape index (κ2) is 7.81. The van der Waals surface area contributed by atoms with Crippen LogP contribution >= 0.6 is 0 Å². The van der Waals surface area contributed by atoms with Crippen molar-refractivity contribution >= 4 is 23.2 Å². The number of hydrogen-bond acceptors (Lipinski definition) is 9. The monoisotopic (exact) mass is 494 g/mol. The van der Waals surface area contributed by atoms with Crippen molar-refractivity contribution in [2.75, 3.05) is 14.1 Å². The van der Waals surface area contributed by atoms with Gasteiger partial charge in [0, 0.05) is 17.1 Å². The van der Waals surface area contributed by atoms with Crippen molar-refractivity contribution in [1.29, 1.82) is 0 Å². The molecule has 1 aromatic heterocycles. The van der Waals surface area contributed by atoms with E-state index in [-0.39, 0.29) is 29.7 Å². The second-order valence-electron chi connectivity index (χ2n) is 9.86. The zero-order chi connectivity index (χ0) is 26.3. The summed E-state index contributed by atoms with van der Waals surface area (Å²) < 4.78 is 5.76. The lowest BCUT2D eigenvalue weighted by atomic mass is 9.57. The number of likely N-dealkylation sites (N-methyl/N-ethyl adjacent to an activating group) is 1. The van der Waals surface area contributed by atoms with E-state index in [1.165, 1.54) is 11.0 Å². The Kier molecular flexibility index (Phi) is 5.17. The zero-order valence-corrected chi connectivity index (χ0v) is 19.9. The Morgan fingerprint density at radius 3 is 2.42 bits per heavy atom. The van der Waals surface area contributed by atoms with Crippen LogP contribution in [-0.4, -0.2) is 68.5 Å². The van der Waals surface area contributed by atoms with Crippen LogP contribution in [0.4, 0.5) is 0 Å². The van der Waals surface area contributed by atoms with Gasteiger partial charge in [-0.2, -0.15) is 0 Å². The van der Waals surface area contributed by atoms with Gasteiger partial charge in [-0.15, -0.1) is 0 Å². The number of aliphatic hydroxyl groups excluding tert-OH is 2. The van der Waals surface area contributed by atoms with Gasteiger partial charge in [-0.1, -0.05) is 0 Å². The summed E-state index contributed by atoms with van der Waals surface area (Å²) >= 11 is 0. The fourth-order valence-electron chi connectivity index (χ4n) is 6.05. The number of carbonyl (C=O) groups excluding carboxylic acids is 3. The van der Waals surface area contributed by atoms with E-state index in [1.54, 1.807) is 39.2 Å². The summed E-state index contributed by atoms with van der Waals surface area (Å²) in [4.78, 5) is 40.5. The smallest absolute Gasteiger partial charge is 0.255 e. The maximum Gasteiger partial charge on any atom is 0.255 e. The summed E-state index contributed by atoms with van der Waals surface area (Å²) in [6.45, 7) is 1.79. The standard InChI is InChI=1S/C26H26N2O8/c1-10-4-7-16(36-10)12-5-6-15(29)18-13(12)8-11-9-14-20(28(2)3)22(31)19(25(27)34)24(33)26(14,35)23(32)17(11)21(18)30/h4-7,11,14,20,29-30,33,35H,8-9H2,1-3H3,(H2,27,34)/t11-,14+,20+,26-/m0/s1. The maximum absolute atomic E-state index is 13.8. The molecule has 1 aromatic carbocycles. The fraction of sp³-hybridized carbons (Fsp3) is 0.346. The fourth-order valence-corrected chi connectivity index (χ4v) is 6.05. The summed E-state index contributed by atoms with van der Waals surface area (Å²) in [5, 5.41) is 44.4. The van der Waals surface area contributed by atoms with Gasteiger partial charge in [0.15, 0.2) is 11.4 Å². The van der Waals surface area contributed by atoms with Crippen LogP contribution in [0.2, 0.25) is 0 Å². The van der Waals surface area contributed by atoms with Crippen LogP contribution in [-0.2, 0) is 20.8 Å². The summed E-state index contributed by atoms with van der Waals surface area (Å²) in [7, 11) is 3.12. The van der Waals surface area contributed by atoms with Crippen LogP contribution < -0.4 is 5.73 Å². The van der Waals surface area contributed by atoms with Crippen molar-refractivity contribution in [3.63, 3.8) is 0 Å². The molecule has 1 amide bonds. The number of benzene rings is 1. The van der Waals surface area contributed by atoms with Crippen LogP contribution in [0.5, 0.6) is 5.75 Å². The van der Waals surface area contributed by atoms with Gasteiger partial charge in [-0.25, -0.2) is 0 Å². The van der Waals surface area contributed by atoms with Gasteiger partial charge in [0.05, 0.1) is 11.6 Å². The number of ketones is 2. The molecule has 3 aliphatic rings. The zero-order valence-electron chi connectivity index (χ0n) is 19.9. The number of amides is 1. The first-order valence-electron chi connectivity index (χ1n) is 11.5. The lowest BCUT2D eigenvalue weighted by molar-refractivity contribution is -0.153. The number of furan rings is 1. The highest BCUT2D eigenvalue weighted by molar-refractivity contribution is 6.24. The minimum atomic E-state index is -2.66. The van der Waals surface area contributed by atoms with Gasteiger partial charge in [-0.05, 0) is 69.6 Å². The molecule has 0 spiro atoms. The van der Waals surface area contributed by atoms with Gasteiger partial charge in [-0.3, -0.25) is 19.3 Å². The van der Waals surface area contributed by atoms with E-state index in [0.29, 0.717) is 22.6 Å². The van der Waals surface area contributed by atoms with Gasteiger partial charge in [0.1, 0.15) is 34.4 Å². The van der Waals surface area contributed by atoms with Crippen molar-refractivity contribution in [3.8, 4) is 17.1 Å². The number of rotatable bonds is 3.